The number of nitrogens with zero attached hydrogens (tertiary/aromatic N) is 4. The van der Waals surface area contributed by atoms with Gasteiger partial charge in [0, 0.05) is 6.61 Å². The first-order valence-corrected chi connectivity index (χ1v) is 5.58. The predicted octanol–water partition coefficient (Wildman–Crippen LogP) is 1.50. The van der Waals surface area contributed by atoms with Crippen LogP contribution in [-0.4, -0.2) is 33.4 Å². The maximum Gasteiger partial charge on any atom is 0.169 e. The molecule has 1 aliphatic rings. The van der Waals surface area contributed by atoms with Crippen LogP contribution in [0.4, 0.5) is 0 Å². The largest absolute Gasteiger partial charge is 0.379 e. The van der Waals surface area contributed by atoms with Crippen LogP contribution in [0.15, 0.2) is 0 Å². The topological polar surface area (TPSA) is 52.8 Å². The first kappa shape index (κ1) is 10.8. The molecule has 0 bridgehead atoms. The van der Waals surface area contributed by atoms with Crippen LogP contribution in [-0.2, 0) is 10.3 Å². The highest BCUT2D eigenvalue weighted by molar-refractivity contribution is 6.20. The zero-order chi connectivity index (χ0) is 10.9. The van der Waals surface area contributed by atoms with E-state index < -0.39 is 0 Å². The summed E-state index contributed by atoms with van der Waals surface area (Å²) in [5.41, 5.74) is -0.153. The van der Waals surface area contributed by atoms with E-state index in [4.69, 9.17) is 16.3 Å². The van der Waals surface area contributed by atoms with Crippen LogP contribution in [0.1, 0.15) is 37.9 Å². The van der Waals surface area contributed by atoms with Crippen LogP contribution in [0.25, 0.3) is 0 Å². The lowest BCUT2D eigenvalue weighted by molar-refractivity contribution is 0.00114. The summed E-state index contributed by atoms with van der Waals surface area (Å²) in [7, 11) is 0. The van der Waals surface area contributed by atoms with Gasteiger partial charge in [0.1, 0.15) is 0 Å². The summed E-state index contributed by atoms with van der Waals surface area (Å²) >= 11 is 6.03. The molecule has 2 heterocycles. The molecule has 84 valence electrons. The van der Waals surface area contributed by atoms with E-state index in [9.17, 15) is 0 Å². The van der Waals surface area contributed by atoms with Crippen molar-refractivity contribution in [1.82, 2.24) is 20.2 Å². The molecule has 5 nitrogen and oxygen atoms in total. The zero-order valence-electron chi connectivity index (χ0n) is 8.98. The third-order valence-electron chi connectivity index (χ3n) is 2.78. The monoisotopic (exact) mass is 230 g/mol. The molecule has 2 rings (SSSR count). The van der Waals surface area contributed by atoms with Crippen LogP contribution in [0.2, 0.25) is 0 Å². The number of halogens is 1. The van der Waals surface area contributed by atoms with E-state index in [1.807, 2.05) is 11.6 Å². The van der Waals surface area contributed by atoms with Gasteiger partial charge in [-0.2, -0.15) is 0 Å². The number of rotatable bonds is 2. The lowest BCUT2D eigenvalue weighted by Crippen LogP contribution is -2.41. The molecule has 15 heavy (non-hydrogen) atoms. The molecule has 0 aliphatic carbocycles. The van der Waals surface area contributed by atoms with Crippen molar-refractivity contribution in [3.63, 3.8) is 0 Å². The van der Waals surface area contributed by atoms with Gasteiger partial charge in [-0.3, -0.25) is 0 Å². The van der Waals surface area contributed by atoms with Gasteiger partial charge in [0.05, 0.1) is 17.5 Å². The summed E-state index contributed by atoms with van der Waals surface area (Å²) < 4.78 is 7.29. The molecule has 0 radical (unpaired) electrons. The summed E-state index contributed by atoms with van der Waals surface area (Å²) in [6.07, 6.45) is 2.06. The Morgan fingerprint density at radius 3 is 3.00 bits per heavy atom. The zero-order valence-corrected chi connectivity index (χ0v) is 9.74. The van der Waals surface area contributed by atoms with Crippen molar-refractivity contribution in [3.8, 4) is 0 Å². The molecule has 0 N–H and O–H groups in total. The average molecular weight is 231 g/mol. The molecule has 2 atom stereocenters. The van der Waals surface area contributed by atoms with Gasteiger partial charge in [0.25, 0.3) is 0 Å². The number of hydrogen-bond donors (Lipinski definition) is 0. The quantitative estimate of drug-likeness (QED) is 0.723. The fraction of sp³-hybridized carbons (Fsp3) is 0.889. The summed E-state index contributed by atoms with van der Waals surface area (Å²) in [6.45, 7) is 5.44. The molecule has 2 unspecified atom stereocenters. The number of alkyl halides is 1. The SMILES string of the molecule is CC(Cl)c1nnnn1C1(C)CCCOC1. The molecule has 0 spiro atoms. The van der Waals surface area contributed by atoms with Crippen molar-refractivity contribution in [2.45, 2.75) is 37.6 Å². The third kappa shape index (κ3) is 1.99. The minimum atomic E-state index is -0.182. The molecule has 6 heteroatoms. The van der Waals surface area contributed by atoms with Crippen molar-refractivity contribution >= 4 is 11.6 Å². The second kappa shape index (κ2) is 4.06. The Kier molecular flexibility index (Phi) is 2.93. The van der Waals surface area contributed by atoms with Crippen LogP contribution >= 0.6 is 11.6 Å². The Morgan fingerprint density at radius 1 is 1.60 bits per heavy atom. The molecular weight excluding hydrogens is 216 g/mol. The molecule has 0 saturated carbocycles. The lowest BCUT2D eigenvalue weighted by atomic mass is 9.95. The average Bonchev–Trinajstić information content (AvgIpc) is 2.67. The first-order chi connectivity index (χ1) is 7.13. The summed E-state index contributed by atoms with van der Waals surface area (Å²) in [6, 6.07) is 0. The number of aromatic nitrogens is 4. The second-order valence-electron chi connectivity index (χ2n) is 4.22. The van der Waals surface area contributed by atoms with E-state index in [0.717, 1.165) is 19.4 Å². The highest BCUT2D eigenvalue weighted by Gasteiger charge is 2.34. The van der Waals surface area contributed by atoms with Crippen molar-refractivity contribution in [2.24, 2.45) is 0 Å². The highest BCUT2D eigenvalue weighted by Crippen LogP contribution is 2.29. The summed E-state index contributed by atoms with van der Waals surface area (Å²) in [5, 5.41) is 11.5. The second-order valence-corrected chi connectivity index (χ2v) is 4.87. The van der Waals surface area contributed by atoms with Gasteiger partial charge in [-0.1, -0.05) is 0 Å². The van der Waals surface area contributed by atoms with Crippen molar-refractivity contribution in [1.29, 1.82) is 0 Å². The maximum absolute atomic E-state index is 6.03. The molecule has 0 aromatic carbocycles. The normalized spacial score (nSPS) is 29.0. The Balaban J connectivity index is 2.30. The Labute approximate surface area is 93.7 Å². The van der Waals surface area contributed by atoms with E-state index in [2.05, 4.69) is 22.4 Å². The van der Waals surface area contributed by atoms with Gasteiger partial charge in [-0.15, -0.1) is 16.7 Å². The van der Waals surface area contributed by atoms with E-state index >= 15 is 0 Å². The van der Waals surface area contributed by atoms with E-state index in [0.29, 0.717) is 12.4 Å². The first-order valence-electron chi connectivity index (χ1n) is 5.14. The van der Waals surface area contributed by atoms with Gasteiger partial charge < -0.3 is 4.74 Å². The third-order valence-corrected chi connectivity index (χ3v) is 2.97. The van der Waals surface area contributed by atoms with Gasteiger partial charge >= 0.3 is 0 Å². The van der Waals surface area contributed by atoms with Crippen LogP contribution in [0.5, 0.6) is 0 Å². The minimum absolute atomic E-state index is 0.153. The van der Waals surface area contributed by atoms with E-state index in [1.54, 1.807) is 0 Å². The van der Waals surface area contributed by atoms with E-state index in [1.165, 1.54) is 0 Å². The maximum atomic E-state index is 6.03. The molecular formula is C9H15ClN4O. The van der Waals surface area contributed by atoms with Crippen LogP contribution < -0.4 is 0 Å². The minimum Gasteiger partial charge on any atom is -0.379 e. The molecule has 1 aromatic rings. The smallest absolute Gasteiger partial charge is 0.169 e. The standard InChI is InChI=1S/C9H15ClN4O/c1-7(10)8-11-12-13-14(8)9(2)4-3-5-15-6-9/h7H,3-6H2,1-2H3. The van der Waals surface area contributed by atoms with Gasteiger partial charge in [-0.25, -0.2) is 4.68 Å². The van der Waals surface area contributed by atoms with Crippen molar-refractivity contribution in [3.05, 3.63) is 5.82 Å². The van der Waals surface area contributed by atoms with E-state index in [-0.39, 0.29) is 10.9 Å². The van der Waals surface area contributed by atoms with Gasteiger partial charge in [-0.05, 0) is 37.1 Å². The number of tetrazole rings is 1. The Hall–Kier alpha value is -0.680. The van der Waals surface area contributed by atoms with Crippen LogP contribution in [0.3, 0.4) is 0 Å². The number of ether oxygens (including phenoxy) is 1. The molecule has 0 amide bonds. The fourth-order valence-corrected chi connectivity index (χ4v) is 2.05. The Morgan fingerprint density at radius 2 is 2.40 bits per heavy atom. The van der Waals surface area contributed by atoms with Crippen LogP contribution in [0, 0.1) is 0 Å². The molecule has 1 saturated heterocycles. The summed E-state index contributed by atoms with van der Waals surface area (Å²) in [5.74, 6) is 0.713. The fourth-order valence-electron chi connectivity index (χ4n) is 1.91. The molecule has 1 fully saturated rings. The predicted molar refractivity (Wildman–Crippen MR) is 55.8 cm³/mol. The van der Waals surface area contributed by atoms with Gasteiger partial charge in [0.2, 0.25) is 0 Å². The highest BCUT2D eigenvalue weighted by atomic mass is 35.5. The molecule has 1 aromatic heterocycles. The summed E-state index contributed by atoms with van der Waals surface area (Å²) in [4.78, 5) is 0. The Bertz CT molecular complexity index is 333. The lowest BCUT2D eigenvalue weighted by Gasteiger charge is -2.33. The van der Waals surface area contributed by atoms with Gasteiger partial charge in [0.15, 0.2) is 5.82 Å². The molecule has 1 aliphatic heterocycles. The van der Waals surface area contributed by atoms with Crippen molar-refractivity contribution < 1.29 is 4.74 Å². The van der Waals surface area contributed by atoms with Crippen molar-refractivity contribution in [2.75, 3.05) is 13.2 Å². The number of hydrogen-bond acceptors (Lipinski definition) is 4.